The fraction of sp³-hybridized carbons (Fsp3) is 0.611. The molecule has 2 rings (SSSR count). The summed E-state index contributed by atoms with van der Waals surface area (Å²) >= 11 is 0. The number of aryl methyl sites for hydroxylation is 1. The Bertz CT molecular complexity index is 518. The summed E-state index contributed by atoms with van der Waals surface area (Å²) in [5.41, 5.74) is 4.89. The molecule has 0 N–H and O–H groups in total. The lowest BCUT2D eigenvalue weighted by Crippen LogP contribution is -2.53. The van der Waals surface area contributed by atoms with Gasteiger partial charge in [0.05, 0.1) is 0 Å². The zero-order chi connectivity index (χ0) is 15.1. The molecule has 0 spiro atoms. The van der Waals surface area contributed by atoms with Crippen molar-refractivity contribution in [3.63, 3.8) is 0 Å². The summed E-state index contributed by atoms with van der Waals surface area (Å²) in [4.78, 5) is 13.7. The van der Waals surface area contributed by atoms with Gasteiger partial charge in [-0.25, -0.2) is 0 Å². The Hall–Kier alpha value is -1.31. The molecule has 0 amide bonds. The van der Waals surface area contributed by atoms with Crippen molar-refractivity contribution in [2.24, 2.45) is 0 Å². The predicted octanol–water partition coefficient (Wildman–Crippen LogP) is 4.70. The van der Waals surface area contributed by atoms with Crippen molar-refractivity contribution in [1.82, 2.24) is 0 Å². The van der Waals surface area contributed by atoms with Gasteiger partial charge in [0.2, 0.25) is 0 Å². The minimum absolute atomic E-state index is 0.162. The number of aldehydes is 1. The summed E-state index contributed by atoms with van der Waals surface area (Å²) in [7, 11) is 0. The van der Waals surface area contributed by atoms with Gasteiger partial charge in [-0.1, -0.05) is 13.8 Å². The van der Waals surface area contributed by atoms with Gasteiger partial charge in [-0.2, -0.15) is 0 Å². The highest BCUT2D eigenvalue weighted by molar-refractivity contribution is 5.79. The molecular formula is C18H27NO. The van der Waals surface area contributed by atoms with Gasteiger partial charge >= 0.3 is 0 Å². The molecule has 0 saturated heterocycles. The van der Waals surface area contributed by atoms with E-state index in [1.807, 2.05) is 6.07 Å². The van der Waals surface area contributed by atoms with Crippen molar-refractivity contribution in [2.45, 2.75) is 71.9 Å². The lowest BCUT2D eigenvalue weighted by molar-refractivity contribution is 0.112. The molecule has 0 aliphatic carbocycles. The molecule has 1 aromatic carbocycles. The van der Waals surface area contributed by atoms with Crippen LogP contribution in [0.15, 0.2) is 12.1 Å². The number of anilines is 1. The van der Waals surface area contributed by atoms with Gasteiger partial charge < -0.3 is 4.90 Å². The lowest BCUT2D eigenvalue weighted by Gasteiger charge is -2.51. The normalized spacial score (nSPS) is 22.3. The number of hydrogen-bond acceptors (Lipinski definition) is 2. The van der Waals surface area contributed by atoms with Crippen LogP contribution in [-0.2, 0) is 0 Å². The molecule has 0 radical (unpaired) electrons. The molecule has 1 aromatic rings. The van der Waals surface area contributed by atoms with Crippen molar-refractivity contribution in [2.75, 3.05) is 4.90 Å². The highest BCUT2D eigenvalue weighted by atomic mass is 16.1. The van der Waals surface area contributed by atoms with Gasteiger partial charge in [-0.3, -0.25) is 4.79 Å². The summed E-state index contributed by atoms with van der Waals surface area (Å²) in [5.74, 6) is 0.499. The van der Waals surface area contributed by atoms with Crippen LogP contribution in [0.1, 0.15) is 74.9 Å². The molecule has 1 aliphatic heterocycles. The topological polar surface area (TPSA) is 20.3 Å². The number of carbonyl (C=O) groups excluding carboxylic acids is 1. The zero-order valence-corrected chi connectivity index (χ0v) is 13.7. The van der Waals surface area contributed by atoms with E-state index in [0.29, 0.717) is 12.0 Å². The average Bonchev–Trinajstić information content (AvgIpc) is 2.38. The van der Waals surface area contributed by atoms with E-state index in [1.165, 1.54) is 16.8 Å². The van der Waals surface area contributed by atoms with Gasteiger partial charge in [-0.05, 0) is 69.7 Å². The third-order valence-electron chi connectivity index (χ3n) is 4.75. The Morgan fingerprint density at radius 1 is 1.45 bits per heavy atom. The summed E-state index contributed by atoms with van der Waals surface area (Å²) in [6.45, 7) is 13.6. The monoisotopic (exact) mass is 273 g/mol. The minimum Gasteiger partial charge on any atom is -0.363 e. The van der Waals surface area contributed by atoms with Crippen LogP contribution < -0.4 is 4.90 Å². The molecule has 1 aliphatic rings. The Labute approximate surface area is 123 Å². The number of rotatable bonds is 3. The molecule has 0 aromatic heterocycles. The van der Waals surface area contributed by atoms with Crippen LogP contribution >= 0.6 is 0 Å². The second kappa shape index (κ2) is 5.23. The van der Waals surface area contributed by atoms with E-state index < -0.39 is 0 Å². The van der Waals surface area contributed by atoms with E-state index in [9.17, 15) is 4.79 Å². The molecule has 20 heavy (non-hydrogen) atoms. The Morgan fingerprint density at radius 2 is 2.10 bits per heavy atom. The molecule has 0 bridgehead atoms. The first kappa shape index (κ1) is 15.1. The predicted molar refractivity (Wildman–Crippen MR) is 85.9 cm³/mol. The standard InChI is InChI=1S/C18H27NO/c1-7-14(4)19-17-12(2)8-15(11-20)9-16(17)13(3)10-18(19,5)6/h8-9,11,13-14H,7,10H2,1-6H3/t13-,14-/m1/s1. The van der Waals surface area contributed by atoms with Crippen LogP contribution in [0.3, 0.4) is 0 Å². The Kier molecular flexibility index (Phi) is 3.95. The van der Waals surface area contributed by atoms with E-state index in [1.54, 1.807) is 0 Å². The summed E-state index contributed by atoms with van der Waals surface area (Å²) < 4.78 is 0. The van der Waals surface area contributed by atoms with E-state index in [4.69, 9.17) is 0 Å². The molecular weight excluding hydrogens is 246 g/mol. The van der Waals surface area contributed by atoms with Crippen LogP contribution in [0.25, 0.3) is 0 Å². The van der Waals surface area contributed by atoms with Gasteiger partial charge in [0.15, 0.2) is 0 Å². The van der Waals surface area contributed by atoms with Crippen molar-refractivity contribution in [3.05, 3.63) is 28.8 Å². The average molecular weight is 273 g/mol. The van der Waals surface area contributed by atoms with Crippen LogP contribution in [0.5, 0.6) is 0 Å². The lowest BCUT2D eigenvalue weighted by atomic mass is 9.77. The molecule has 2 heteroatoms. The number of fused-ring (bicyclic) bond motifs is 1. The minimum atomic E-state index is 0.162. The quantitative estimate of drug-likeness (QED) is 0.744. The highest BCUT2D eigenvalue weighted by Crippen LogP contribution is 2.46. The maximum Gasteiger partial charge on any atom is 0.150 e. The highest BCUT2D eigenvalue weighted by Gasteiger charge is 2.39. The Morgan fingerprint density at radius 3 is 2.65 bits per heavy atom. The van der Waals surface area contributed by atoms with E-state index in [-0.39, 0.29) is 5.54 Å². The van der Waals surface area contributed by atoms with E-state index >= 15 is 0 Å². The molecule has 2 nitrogen and oxygen atoms in total. The van der Waals surface area contributed by atoms with Crippen molar-refractivity contribution < 1.29 is 4.79 Å². The maximum absolute atomic E-state index is 11.1. The number of hydrogen-bond donors (Lipinski definition) is 0. The molecule has 0 fully saturated rings. The van der Waals surface area contributed by atoms with Gasteiger partial charge in [-0.15, -0.1) is 0 Å². The molecule has 0 saturated carbocycles. The third kappa shape index (κ3) is 2.36. The SMILES string of the molecule is CC[C@@H](C)N1c2c(C)cc(C=O)cc2[C@H](C)CC1(C)C. The van der Waals surface area contributed by atoms with Crippen molar-refractivity contribution in [1.29, 1.82) is 0 Å². The Balaban J connectivity index is 2.67. The fourth-order valence-corrected chi connectivity index (χ4v) is 3.87. The number of nitrogens with zero attached hydrogens (tertiary/aromatic N) is 1. The fourth-order valence-electron chi connectivity index (χ4n) is 3.87. The molecule has 2 atom stereocenters. The van der Waals surface area contributed by atoms with Crippen molar-refractivity contribution >= 4 is 12.0 Å². The summed E-state index contributed by atoms with van der Waals surface area (Å²) in [6.07, 6.45) is 3.23. The van der Waals surface area contributed by atoms with Crippen LogP contribution in [0, 0.1) is 6.92 Å². The zero-order valence-electron chi connectivity index (χ0n) is 13.7. The van der Waals surface area contributed by atoms with Crippen LogP contribution in [0.2, 0.25) is 0 Å². The molecule has 0 unspecified atom stereocenters. The second-order valence-corrected chi connectivity index (χ2v) is 6.94. The number of carbonyl (C=O) groups is 1. The summed E-state index contributed by atoms with van der Waals surface area (Å²) in [5, 5.41) is 0. The van der Waals surface area contributed by atoms with E-state index in [2.05, 4.69) is 52.5 Å². The number of benzene rings is 1. The smallest absolute Gasteiger partial charge is 0.150 e. The van der Waals surface area contributed by atoms with Gasteiger partial charge in [0.25, 0.3) is 0 Å². The first-order valence-corrected chi connectivity index (χ1v) is 7.71. The first-order chi connectivity index (χ1) is 9.31. The molecule has 110 valence electrons. The van der Waals surface area contributed by atoms with Crippen LogP contribution in [0.4, 0.5) is 5.69 Å². The first-order valence-electron chi connectivity index (χ1n) is 7.71. The molecule has 1 heterocycles. The largest absolute Gasteiger partial charge is 0.363 e. The van der Waals surface area contributed by atoms with Crippen molar-refractivity contribution in [3.8, 4) is 0 Å². The van der Waals surface area contributed by atoms with E-state index in [0.717, 1.165) is 24.7 Å². The van der Waals surface area contributed by atoms with Crippen LogP contribution in [-0.4, -0.2) is 17.9 Å². The van der Waals surface area contributed by atoms with Gasteiger partial charge in [0, 0.05) is 22.8 Å². The summed E-state index contributed by atoms with van der Waals surface area (Å²) in [6, 6.07) is 4.62. The third-order valence-corrected chi connectivity index (χ3v) is 4.75. The van der Waals surface area contributed by atoms with Gasteiger partial charge in [0.1, 0.15) is 6.29 Å². The second-order valence-electron chi connectivity index (χ2n) is 6.94. The maximum atomic E-state index is 11.1.